The van der Waals surface area contributed by atoms with E-state index in [1.165, 1.54) is 13.2 Å². The van der Waals surface area contributed by atoms with Crippen LogP contribution in [-0.2, 0) is 16.1 Å². The van der Waals surface area contributed by atoms with Crippen LogP contribution in [0.15, 0.2) is 23.2 Å². The van der Waals surface area contributed by atoms with Crippen LogP contribution in [0.3, 0.4) is 0 Å². The van der Waals surface area contributed by atoms with Gasteiger partial charge in [-0.05, 0) is 43.9 Å². The number of hydrogen-bond donors (Lipinski definition) is 1. The van der Waals surface area contributed by atoms with E-state index in [2.05, 4.69) is 15.2 Å². The molecule has 0 unspecified atom stereocenters. The normalized spacial score (nSPS) is 16.2. The maximum atomic E-state index is 13.6. The monoisotopic (exact) mass is 335 g/mol. The lowest BCUT2D eigenvalue weighted by molar-refractivity contribution is -0.146. The Morgan fingerprint density at radius 2 is 2.12 bits per heavy atom. The third-order valence-corrected chi connectivity index (χ3v) is 4.31. The van der Waals surface area contributed by atoms with Crippen molar-refractivity contribution in [1.29, 1.82) is 0 Å². The fourth-order valence-corrected chi connectivity index (χ4v) is 2.82. The number of aliphatic imine (C=N–C) groups is 1. The number of carbonyl (C=O) groups is 1. The van der Waals surface area contributed by atoms with E-state index in [9.17, 15) is 9.18 Å². The first-order chi connectivity index (χ1) is 11.5. The molecule has 0 saturated carbocycles. The van der Waals surface area contributed by atoms with E-state index in [1.54, 1.807) is 13.0 Å². The molecule has 24 heavy (non-hydrogen) atoms. The Hall–Kier alpha value is -2.11. The molecule has 6 heteroatoms. The molecular formula is C18H26FN3O2. The molecule has 1 saturated heterocycles. The number of esters is 1. The Balaban J connectivity index is 2.01. The average Bonchev–Trinajstić information content (AvgIpc) is 2.61. The summed E-state index contributed by atoms with van der Waals surface area (Å²) in [4.78, 5) is 18.4. The summed E-state index contributed by atoms with van der Waals surface area (Å²) >= 11 is 0. The molecule has 0 bridgehead atoms. The number of likely N-dealkylation sites (tertiary alicyclic amines) is 1. The molecule has 1 aromatic carbocycles. The van der Waals surface area contributed by atoms with Crippen molar-refractivity contribution in [3.63, 3.8) is 0 Å². The zero-order valence-electron chi connectivity index (χ0n) is 14.6. The van der Waals surface area contributed by atoms with E-state index in [4.69, 9.17) is 4.74 Å². The molecule has 1 aromatic rings. The van der Waals surface area contributed by atoms with E-state index in [1.807, 2.05) is 13.0 Å². The van der Waals surface area contributed by atoms with Gasteiger partial charge in [0.1, 0.15) is 5.82 Å². The van der Waals surface area contributed by atoms with Crippen LogP contribution in [0.25, 0.3) is 0 Å². The van der Waals surface area contributed by atoms with E-state index in [-0.39, 0.29) is 17.7 Å². The molecule has 0 atom stereocenters. The minimum atomic E-state index is -0.202. The summed E-state index contributed by atoms with van der Waals surface area (Å²) < 4.78 is 18.5. The van der Waals surface area contributed by atoms with Crippen LogP contribution < -0.4 is 5.32 Å². The molecule has 2 rings (SSSR count). The van der Waals surface area contributed by atoms with Crippen LogP contribution in [0.5, 0.6) is 0 Å². The maximum Gasteiger partial charge on any atom is 0.308 e. The second-order valence-corrected chi connectivity index (χ2v) is 6.04. The van der Waals surface area contributed by atoms with Crippen molar-refractivity contribution in [3.05, 3.63) is 35.1 Å². The molecular weight excluding hydrogens is 309 g/mol. The van der Waals surface area contributed by atoms with Gasteiger partial charge >= 0.3 is 5.97 Å². The number of rotatable bonds is 4. The number of halogens is 1. The van der Waals surface area contributed by atoms with Crippen molar-refractivity contribution >= 4 is 11.9 Å². The first kappa shape index (κ1) is 18.2. The molecule has 1 heterocycles. The van der Waals surface area contributed by atoms with Crippen molar-refractivity contribution < 1.29 is 13.9 Å². The molecule has 0 radical (unpaired) electrons. The van der Waals surface area contributed by atoms with Crippen LogP contribution in [0.2, 0.25) is 0 Å². The summed E-state index contributed by atoms with van der Waals surface area (Å²) in [5, 5.41) is 3.27. The van der Waals surface area contributed by atoms with Crippen LogP contribution >= 0.6 is 0 Å². The van der Waals surface area contributed by atoms with Crippen molar-refractivity contribution in [2.75, 3.05) is 26.7 Å². The standard InChI is InChI=1S/C18H26FN3O2/c1-4-20-18(21-12-14-6-5-13(2)16(19)11-14)22-9-7-15(8-10-22)17(23)24-3/h5-6,11,15H,4,7-10,12H2,1-3H3,(H,20,21). The molecule has 132 valence electrons. The smallest absolute Gasteiger partial charge is 0.308 e. The highest BCUT2D eigenvalue weighted by molar-refractivity contribution is 5.80. The van der Waals surface area contributed by atoms with Crippen molar-refractivity contribution in [1.82, 2.24) is 10.2 Å². The SMILES string of the molecule is CCNC(=NCc1ccc(C)c(F)c1)N1CCC(C(=O)OC)CC1. The number of guanidine groups is 1. The number of nitrogens with zero attached hydrogens (tertiary/aromatic N) is 2. The number of benzene rings is 1. The highest BCUT2D eigenvalue weighted by atomic mass is 19.1. The molecule has 1 aliphatic rings. The lowest BCUT2D eigenvalue weighted by Gasteiger charge is -2.33. The average molecular weight is 335 g/mol. The number of nitrogens with one attached hydrogen (secondary N) is 1. The van der Waals surface area contributed by atoms with Gasteiger partial charge in [0.25, 0.3) is 0 Å². The van der Waals surface area contributed by atoms with E-state index in [0.29, 0.717) is 12.1 Å². The lowest BCUT2D eigenvalue weighted by atomic mass is 9.97. The number of carbonyl (C=O) groups excluding carboxylic acids is 1. The summed E-state index contributed by atoms with van der Waals surface area (Å²) in [6.07, 6.45) is 1.52. The molecule has 1 fully saturated rings. The van der Waals surface area contributed by atoms with Crippen molar-refractivity contribution in [2.24, 2.45) is 10.9 Å². The maximum absolute atomic E-state index is 13.6. The number of ether oxygens (including phenoxy) is 1. The number of piperidine rings is 1. The topological polar surface area (TPSA) is 53.9 Å². The summed E-state index contributed by atoms with van der Waals surface area (Å²) in [5.74, 6) is 0.445. The van der Waals surface area contributed by atoms with Crippen LogP contribution in [0.4, 0.5) is 4.39 Å². The first-order valence-electron chi connectivity index (χ1n) is 8.41. The zero-order valence-corrected chi connectivity index (χ0v) is 14.6. The van der Waals surface area contributed by atoms with E-state index in [0.717, 1.165) is 44.0 Å². The van der Waals surface area contributed by atoms with Gasteiger partial charge in [0.15, 0.2) is 5.96 Å². The minimum Gasteiger partial charge on any atom is -0.469 e. The Morgan fingerprint density at radius 1 is 1.42 bits per heavy atom. The van der Waals surface area contributed by atoms with Gasteiger partial charge in [-0.3, -0.25) is 4.79 Å². The van der Waals surface area contributed by atoms with Gasteiger partial charge < -0.3 is 15.0 Å². The molecule has 5 nitrogen and oxygen atoms in total. The van der Waals surface area contributed by atoms with Gasteiger partial charge in [0, 0.05) is 19.6 Å². The lowest BCUT2D eigenvalue weighted by Crippen LogP contribution is -2.46. The highest BCUT2D eigenvalue weighted by Crippen LogP contribution is 2.19. The Morgan fingerprint density at radius 3 is 2.71 bits per heavy atom. The van der Waals surface area contributed by atoms with Gasteiger partial charge in [-0.15, -0.1) is 0 Å². The molecule has 1 aliphatic heterocycles. The third kappa shape index (κ3) is 4.69. The number of aryl methyl sites for hydroxylation is 1. The summed E-state index contributed by atoms with van der Waals surface area (Å²) in [6, 6.07) is 5.20. The van der Waals surface area contributed by atoms with Gasteiger partial charge in [-0.2, -0.15) is 0 Å². The number of hydrogen-bond acceptors (Lipinski definition) is 3. The van der Waals surface area contributed by atoms with Gasteiger partial charge in [0.05, 0.1) is 19.6 Å². The van der Waals surface area contributed by atoms with Crippen molar-refractivity contribution in [2.45, 2.75) is 33.2 Å². The predicted octanol–water partition coefficient (Wildman–Crippen LogP) is 2.48. The Bertz CT molecular complexity index is 596. The van der Waals surface area contributed by atoms with Gasteiger partial charge in [-0.25, -0.2) is 9.38 Å². The molecule has 0 aromatic heterocycles. The van der Waals surface area contributed by atoms with E-state index < -0.39 is 0 Å². The van der Waals surface area contributed by atoms with Crippen LogP contribution in [0, 0.1) is 18.7 Å². The highest BCUT2D eigenvalue weighted by Gasteiger charge is 2.26. The predicted molar refractivity (Wildman–Crippen MR) is 92.3 cm³/mol. The fraction of sp³-hybridized carbons (Fsp3) is 0.556. The largest absolute Gasteiger partial charge is 0.469 e. The van der Waals surface area contributed by atoms with Gasteiger partial charge in [-0.1, -0.05) is 12.1 Å². The third-order valence-electron chi connectivity index (χ3n) is 4.31. The first-order valence-corrected chi connectivity index (χ1v) is 8.41. The quantitative estimate of drug-likeness (QED) is 0.522. The fourth-order valence-electron chi connectivity index (χ4n) is 2.82. The summed E-state index contributed by atoms with van der Waals surface area (Å²) in [7, 11) is 1.43. The van der Waals surface area contributed by atoms with Crippen LogP contribution in [0.1, 0.15) is 30.9 Å². The summed E-state index contributed by atoms with van der Waals surface area (Å²) in [5.41, 5.74) is 1.48. The Kier molecular flexibility index (Phi) is 6.58. The molecule has 0 aliphatic carbocycles. The molecule has 0 amide bonds. The zero-order chi connectivity index (χ0) is 17.5. The summed E-state index contributed by atoms with van der Waals surface area (Å²) in [6.45, 7) is 6.47. The minimum absolute atomic E-state index is 0.0275. The van der Waals surface area contributed by atoms with Crippen LogP contribution in [-0.4, -0.2) is 43.6 Å². The van der Waals surface area contributed by atoms with Crippen molar-refractivity contribution in [3.8, 4) is 0 Å². The molecule has 1 N–H and O–H groups in total. The van der Waals surface area contributed by atoms with Gasteiger partial charge in [0.2, 0.25) is 0 Å². The molecule has 0 spiro atoms. The second-order valence-electron chi connectivity index (χ2n) is 6.04. The second kappa shape index (κ2) is 8.66. The number of methoxy groups -OCH3 is 1. The van der Waals surface area contributed by atoms with E-state index >= 15 is 0 Å². The Labute approximate surface area is 142 Å².